The molecule has 1 heterocycles. The molecule has 4 N–H and O–H groups in total. The van der Waals surface area contributed by atoms with Crippen LogP contribution in [0.3, 0.4) is 0 Å². The van der Waals surface area contributed by atoms with E-state index in [-0.39, 0.29) is 11.7 Å². The zero-order valence-electron chi connectivity index (χ0n) is 15.0. The van der Waals surface area contributed by atoms with Gasteiger partial charge in [0.25, 0.3) is 10.2 Å². The number of nitrogens with one attached hydrogen (secondary N) is 2. The number of carbonyl (C=O) groups is 1. The quantitative estimate of drug-likeness (QED) is 0.555. The highest BCUT2D eigenvalue weighted by Gasteiger charge is 2.20. The second-order valence-electron chi connectivity index (χ2n) is 6.31. The van der Waals surface area contributed by atoms with Crippen molar-refractivity contribution >= 4 is 21.7 Å². The molecule has 0 radical (unpaired) electrons. The van der Waals surface area contributed by atoms with Crippen LogP contribution in [0.25, 0.3) is 0 Å². The predicted molar refractivity (Wildman–Crippen MR) is 106 cm³/mol. The lowest BCUT2D eigenvalue weighted by Gasteiger charge is -2.12. The van der Waals surface area contributed by atoms with Crippen molar-refractivity contribution in [3.63, 3.8) is 0 Å². The van der Waals surface area contributed by atoms with Gasteiger partial charge in [-0.1, -0.05) is 49.4 Å². The lowest BCUT2D eigenvalue weighted by Crippen LogP contribution is -2.21. The molecule has 1 unspecified atom stereocenters. The summed E-state index contributed by atoms with van der Waals surface area (Å²) >= 11 is 0. The number of nitriles is 1. The zero-order valence-corrected chi connectivity index (χ0v) is 15.8. The smallest absolute Gasteiger partial charge is 0.296 e. The van der Waals surface area contributed by atoms with Gasteiger partial charge in [0, 0.05) is 22.9 Å². The van der Waals surface area contributed by atoms with Crippen molar-refractivity contribution in [2.75, 3.05) is 4.72 Å². The molecule has 1 atom stereocenters. The topological polar surface area (TPSA) is 129 Å². The van der Waals surface area contributed by atoms with Gasteiger partial charge in [0.1, 0.15) is 6.07 Å². The summed E-state index contributed by atoms with van der Waals surface area (Å²) in [5.74, 6) is -0.404. The molecule has 8 heteroatoms. The Hall–Kier alpha value is -3.41. The lowest BCUT2D eigenvalue weighted by atomic mass is 9.95. The van der Waals surface area contributed by atoms with E-state index in [0.29, 0.717) is 28.2 Å². The predicted octanol–water partition coefficient (Wildman–Crippen LogP) is 2.88. The summed E-state index contributed by atoms with van der Waals surface area (Å²) in [5, 5.41) is 14.4. The van der Waals surface area contributed by atoms with Gasteiger partial charge < -0.3 is 4.98 Å². The van der Waals surface area contributed by atoms with Crippen molar-refractivity contribution in [3.05, 3.63) is 88.7 Å². The van der Waals surface area contributed by atoms with Gasteiger partial charge in [-0.05, 0) is 23.8 Å². The molecule has 3 aromatic rings. The van der Waals surface area contributed by atoms with Crippen LogP contribution in [0, 0.1) is 11.3 Å². The molecule has 0 aliphatic heterocycles. The molecular formula is C20H18N4O3S. The number of benzene rings is 2. The first kappa shape index (κ1) is 19.4. The maximum absolute atomic E-state index is 12.6. The summed E-state index contributed by atoms with van der Waals surface area (Å²) in [6.45, 7) is 1.89. The minimum Gasteiger partial charge on any atom is -0.354 e. The van der Waals surface area contributed by atoms with Crippen molar-refractivity contribution < 1.29 is 13.2 Å². The number of hydrogen-bond donors (Lipinski definition) is 3. The molecule has 1 aromatic heterocycles. The Morgan fingerprint density at radius 2 is 1.79 bits per heavy atom. The Kier molecular flexibility index (Phi) is 5.31. The Morgan fingerprint density at radius 3 is 2.36 bits per heavy atom. The minimum atomic E-state index is -3.84. The second kappa shape index (κ2) is 7.68. The molecule has 0 amide bonds. The van der Waals surface area contributed by atoms with E-state index in [1.54, 1.807) is 54.6 Å². The Morgan fingerprint density at radius 1 is 1.14 bits per heavy atom. The van der Waals surface area contributed by atoms with Crippen LogP contribution in [0.5, 0.6) is 0 Å². The fourth-order valence-corrected chi connectivity index (χ4v) is 3.41. The highest BCUT2D eigenvalue weighted by molar-refractivity contribution is 7.90. The Balaban J connectivity index is 1.90. The van der Waals surface area contributed by atoms with Gasteiger partial charge in [-0.3, -0.25) is 9.52 Å². The molecule has 28 heavy (non-hydrogen) atoms. The van der Waals surface area contributed by atoms with Crippen LogP contribution in [0.2, 0.25) is 0 Å². The van der Waals surface area contributed by atoms with Crippen molar-refractivity contribution in [1.82, 2.24) is 4.98 Å². The average molecular weight is 394 g/mol. The second-order valence-corrected chi connectivity index (χ2v) is 7.60. The molecule has 0 fully saturated rings. The van der Waals surface area contributed by atoms with E-state index in [1.807, 2.05) is 13.0 Å². The van der Waals surface area contributed by atoms with Crippen LogP contribution >= 0.6 is 0 Å². The van der Waals surface area contributed by atoms with E-state index < -0.39 is 10.2 Å². The average Bonchev–Trinajstić information content (AvgIpc) is 3.11. The highest BCUT2D eigenvalue weighted by Crippen LogP contribution is 2.28. The zero-order chi connectivity index (χ0) is 20.3. The van der Waals surface area contributed by atoms with E-state index >= 15 is 0 Å². The van der Waals surface area contributed by atoms with Gasteiger partial charge in [0.05, 0.1) is 11.3 Å². The third-order valence-corrected chi connectivity index (χ3v) is 4.87. The summed E-state index contributed by atoms with van der Waals surface area (Å²) in [6.07, 6.45) is 0. The third kappa shape index (κ3) is 4.28. The number of ketones is 1. The lowest BCUT2D eigenvalue weighted by molar-refractivity contribution is 0.103. The Labute approximate surface area is 163 Å². The van der Waals surface area contributed by atoms with Crippen molar-refractivity contribution in [2.24, 2.45) is 5.14 Å². The third-order valence-electron chi connectivity index (χ3n) is 4.35. The SMILES string of the molecule is CC(c1ccc(NS(N)(=O)=O)cc1)c1[nH]c(C(=O)c2ccccc2)cc1C#N. The molecule has 142 valence electrons. The normalized spacial score (nSPS) is 12.2. The molecule has 7 nitrogen and oxygen atoms in total. The monoisotopic (exact) mass is 394 g/mol. The summed E-state index contributed by atoms with van der Waals surface area (Å²) in [5.41, 5.74) is 3.07. The number of hydrogen-bond acceptors (Lipinski definition) is 4. The van der Waals surface area contributed by atoms with Crippen LogP contribution in [0.1, 0.15) is 45.7 Å². The maximum Gasteiger partial charge on any atom is 0.296 e. The van der Waals surface area contributed by atoms with Crippen LogP contribution in [-0.2, 0) is 10.2 Å². The van der Waals surface area contributed by atoms with Crippen molar-refractivity contribution in [2.45, 2.75) is 12.8 Å². The van der Waals surface area contributed by atoms with Crippen molar-refractivity contribution in [1.29, 1.82) is 5.26 Å². The molecule has 2 aromatic carbocycles. The van der Waals surface area contributed by atoms with Crippen LogP contribution in [0.4, 0.5) is 5.69 Å². The molecule has 0 aliphatic rings. The molecule has 0 bridgehead atoms. The van der Waals surface area contributed by atoms with Crippen molar-refractivity contribution in [3.8, 4) is 6.07 Å². The van der Waals surface area contributed by atoms with E-state index in [9.17, 15) is 18.5 Å². The fraction of sp³-hybridized carbons (Fsp3) is 0.100. The minimum absolute atomic E-state index is 0.191. The van der Waals surface area contributed by atoms with E-state index in [0.717, 1.165) is 5.56 Å². The number of aromatic amines is 1. The first-order valence-corrected chi connectivity index (χ1v) is 9.96. The number of H-pyrrole nitrogens is 1. The molecule has 3 rings (SSSR count). The van der Waals surface area contributed by atoms with E-state index in [4.69, 9.17) is 5.14 Å². The summed E-state index contributed by atoms with van der Waals surface area (Å²) < 4.78 is 24.4. The Bertz CT molecular complexity index is 1140. The van der Waals surface area contributed by atoms with Gasteiger partial charge in [-0.15, -0.1) is 0 Å². The summed E-state index contributed by atoms with van der Waals surface area (Å²) in [4.78, 5) is 15.7. The molecule has 0 saturated carbocycles. The summed E-state index contributed by atoms with van der Waals surface area (Å²) in [7, 11) is -3.84. The molecule has 0 saturated heterocycles. The molecular weight excluding hydrogens is 376 g/mol. The largest absolute Gasteiger partial charge is 0.354 e. The van der Waals surface area contributed by atoms with Crippen LogP contribution < -0.4 is 9.86 Å². The van der Waals surface area contributed by atoms with Gasteiger partial charge >= 0.3 is 0 Å². The molecule has 0 aliphatic carbocycles. The van der Waals surface area contributed by atoms with Gasteiger partial charge in [-0.25, -0.2) is 5.14 Å². The van der Waals surface area contributed by atoms with Gasteiger partial charge in [-0.2, -0.15) is 13.7 Å². The number of carbonyl (C=O) groups excluding carboxylic acids is 1. The first-order valence-electron chi connectivity index (χ1n) is 8.41. The highest BCUT2D eigenvalue weighted by atomic mass is 32.2. The fourth-order valence-electron chi connectivity index (χ4n) is 2.94. The van der Waals surface area contributed by atoms with E-state index in [1.165, 1.54) is 0 Å². The maximum atomic E-state index is 12.6. The standard InChI is InChI=1S/C20H18N4O3S/c1-13(14-7-9-17(10-8-14)24-28(22,26)27)19-16(12-21)11-18(23-19)20(25)15-5-3-2-4-6-15/h2-11,13,23-24H,1H3,(H2,22,26,27). The van der Waals surface area contributed by atoms with Gasteiger partial charge in [0.2, 0.25) is 5.78 Å². The number of nitrogens with two attached hydrogens (primary N) is 1. The number of rotatable bonds is 6. The van der Waals surface area contributed by atoms with Crippen LogP contribution in [0.15, 0.2) is 60.7 Å². The van der Waals surface area contributed by atoms with Crippen LogP contribution in [-0.4, -0.2) is 19.2 Å². The number of nitrogens with zero attached hydrogens (tertiary/aromatic N) is 1. The van der Waals surface area contributed by atoms with Gasteiger partial charge in [0.15, 0.2) is 0 Å². The summed E-state index contributed by atoms with van der Waals surface area (Å²) in [6, 6.07) is 19.1. The number of aromatic nitrogens is 1. The first-order chi connectivity index (χ1) is 13.3. The van der Waals surface area contributed by atoms with E-state index in [2.05, 4.69) is 15.8 Å². The molecule has 0 spiro atoms. The number of anilines is 1.